The molecule has 0 saturated carbocycles. The van der Waals surface area contributed by atoms with Crippen molar-refractivity contribution in [3.8, 4) is 23.3 Å². The highest BCUT2D eigenvalue weighted by atomic mass is 32.2. The van der Waals surface area contributed by atoms with Crippen LogP contribution in [0.1, 0.15) is 19.4 Å². The molecule has 38 heavy (non-hydrogen) atoms. The number of likely N-dealkylation sites (N-methyl/N-ethyl adjacent to an activating group) is 1. The van der Waals surface area contributed by atoms with Crippen molar-refractivity contribution in [2.75, 3.05) is 52.9 Å². The Balaban J connectivity index is 1.91. The zero-order valence-electron chi connectivity index (χ0n) is 22.3. The highest BCUT2D eigenvalue weighted by molar-refractivity contribution is 7.89. The summed E-state index contributed by atoms with van der Waals surface area (Å²) in [6.45, 7) is 3.70. The Morgan fingerprint density at radius 3 is 2.61 bits per heavy atom. The van der Waals surface area contributed by atoms with Crippen LogP contribution in [0.4, 0.5) is 10.5 Å². The first-order chi connectivity index (χ1) is 18.1. The minimum Gasteiger partial charge on any atom is -0.497 e. The van der Waals surface area contributed by atoms with E-state index < -0.39 is 22.2 Å². The molecule has 0 radical (unpaired) electrons. The molecule has 1 aliphatic heterocycles. The predicted octanol–water partition coefficient (Wildman–Crippen LogP) is 2.63. The fourth-order valence-electron chi connectivity index (χ4n) is 3.98. The zero-order chi connectivity index (χ0) is 27.9. The van der Waals surface area contributed by atoms with Gasteiger partial charge in [0.2, 0.25) is 10.0 Å². The lowest BCUT2D eigenvalue weighted by Crippen LogP contribution is -2.50. The molecule has 1 heterocycles. The predicted molar refractivity (Wildman–Crippen MR) is 144 cm³/mol. The van der Waals surface area contributed by atoms with Crippen LogP contribution in [0.25, 0.3) is 0 Å². The summed E-state index contributed by atoms with van der Waals surface area (Å²) in [5, 5.41) is 12.6. The van der Waals surface area contributed by atoms with Crippen LogP contribution in [0.2, 0.25) is 0 Å². The number of methoxy groups -OCH3 is 2. The number of amides is 2. The average Bonchev–Trinajstić information content (AvgIpc) is 2.90. The van der Waals surface area contributed by atoms with Gasteiger partial charge in [-0.25, -0.2) is 13.2 Å². The largest absolute Gasteiger partial charge is 0.497 e. The third kappa shape index (κ3) is 6.96. The molecule has 10 nitrogen and oxygen atoms in total. The van der Waals surface area contributed by atoms with Crippen LogP contribution in [-0.4, -0.2) is 88.5 Å². The van der Waals surface area contributed by atoms with Crippen molar-refractivity contribution in [1.29, 1.82) is 0 Å². The van der Waals surface area contributed by atoms with E-state index in [2.05, 4.69) is 17.2 Å². The number of aliphatic hydroxyl groups excluding tert-OH is 1. The molecule has 2 N–H and O–H groups in total. The van der Waals surface area contributed by atoms with Crippen molar-refractivity contribution in [2.24, 2.45) is 5.92 Å². The summed E-state index contributed by atoms with van der Waals surface area (Å²) < 4.78 is 44.9. The van der Waals surface area contributed by atoms with E-state index in [-0.39, 0.29) is 48.9 Å². The van der Waals surface area contributed by atoms with E-state index in [1.165, 1.54) is 22.4 Å². The number of anilines is 1. The normalized spacial score (nSPS) is 19.4. The number of carbonyl (C=O) groups excluding carboxylic acids is 1. The number of benzene rings is 2. The molecular weight excluding hydrogens is 510 g/mol. The summed E-state index contributed by atoms with van der Waals surface area (Å²) in [5.41, 5.74) is 1.17. The standard InChI is InChI=1S/C27H35N3O7S/c1-19-16-30(20(2)18-31)38(33,34)26-13-8-21(7-6-14-35-4)15-24(26)37-25(19)17-29(3)27(32)28-22-9-11-23(36-5)12-10-22/h8-13,15,19-20,25,31H,14,16-18H2,1-5H3,(H,28,32)/t19-,20+,25-/m0/s1. The van der Waals surface area contributed by atoms with Gasteiger partial charge >= 0.3 is 6.03 Å². The molecule has 2 aromatic carbocycles. The monoisotopic (exact) mass is 545 g/mol. The molecule has 0 aromatic heterocycles. The molecule has 0 spiro atoms. The van der Waals surface area contributed by atoms with Crippen molar-refractivity contribution in [3.05, 3.63) is 48.0 Å². The molecule has 0 bridgehead atoms. The number of rotatable bonds is 7. The SMILES string of the molecule is COCC#Cc1ccc2c(c1)O[C@@H](CN(C)C(=O)Nc1ccc(OC)cc1)[C@@H](C)CN([C@H](C)CO)S2(=O)=O. The Kier molecular flexibility index (Phi) is 9.99. The van der Waals surface area contributed by atoms with Gasteiger partial charge in [0.15, 0.2) is 0 Å². The second-order valence-electron chi connectivity index (χ2n) is 9.18. The number of nitrogens with zero attached hydrogens (tertiary/aromatic N) is 2. The summed E-state index contributed by atoms with van der Waals surface area (Å²) in [4.78, 5) is 14.4. The number of sulfonamides is 1. The van der Waals surface area contributed by atoms with E-state index in [9.17, 15) is 18.3 Å². The molecule has 3 rings (SSSR count). The first kappa shape index (κ1) is 29.3. The number of hydrogen-bond acceptors (Lipinski definition) is 7. The first-order valence-electron chi connectivity index (χ1n) is 12.2. The van der Waals surface area contributed by atoms with Gasteiger partial charge in [-0.05, 0) is 49.4 Å². The first-order valence-corrected chi connectivity index (χ1v) is 13.6. The van der Waals surface area contributed by atoms with Gasteiger partial charge in [-0.1, -0.05) is 18.8 Å². The van der Waals surface area contributed by atoms with Crippen LogP contribution in [0, 0.1) is 17.8 Å². The molecule has 0 unspecified atom stereocenters. The summed E-state index contributed by atoms with van der Waals surface area (Å²) in [7, 11) is 0.778. The van der Waals surface area contributed by atoms with E-state index in [1.54, 1.807) is 57.5 Å². The molecule has 1 aliphatic rings. The number of aliphatic hydroxyl groups is 1. The molecule has 2 amide bonds. The molecule has 11 heteroatoms. The number of carbonyl (C=O) groups is 1. The quantitative estimate of drug-likeness (QED) is 0.514. The Morgan fingerprint density at radius 1 is 1.26 bits per heavy atom. The molecule has 0 aliphatic carbocycles. The lowest BCUT2D eigenvalue weighted by molar-refractivity contribution is 0.0830. The molecule has 0 saturated heterocycles. The Bertz CT molecular complexity index is 1270. The number of hydrogen-bond donors (Lipinski definition) is 2. The maximum Gasteiger partial charge on any atom is 0.321 e. The minimum absolute atomic E-state index is 0.0164. The van der Waals surface area contributed by atoms with Crippen LogP contribution < -0.4 is 14.8 Å². The fourth-order valence-corrected chi connectivity index (χ4v) is 5.80. The van der Waals surface area contributed by atoms with Gasteiger partial charge in [0, 0.05) is 43.9 Å². The number of urea groups is 1. The second-order valence-corrected chi connectivity index (χ2v) is 11.0. The zero-order valence-corrected chi connectivity index (χ0v) is 23.1. The second kappa shape index (κ2) is 13.0. The van der Waals surface area contributed by atoms with Crippen LogP contribution >= 0.6 is 0 Å². The van der Waals surface area contributed by atoms with Gasteiger partial charge in [0.25, 0.3) is 0 Å². The highest BCUT2D eigenvalue weighted by Gasteiger charge is 2.38. The number of nitrogens with one attached hydrogen (secondary N) is 1. The van der Waals surface area contributed by atoms with Gasteiger partial charge in [-0.3, -0.25) is 0 Å². The van der Waals surface area contributed by atoms with Crippen LogP contribution in [0.5, 0.6) is 11.5 Å². The fraction of sp³-hybridized carbons (Fsp3) is 0.444. The molecule has 0 fully saturated rings. The van der Waals surface area contributed by atoms with E-state index >= 15 is 0 Å². The lowest BCUT2D eigenvalue weighted by atomic mass is 10.0. The van der Waals surface area contributed by atoms with E-state index in [0.29, 0.717) is 17.0 Å². The smallest absolute Gasteiger partial charge is 0.321 e. The van der Waals surface area contributed by atoms with Crippen molar-refractivity contribution < 1.29 is 32.5 Å². The maximum atomic E-state index is 13.6. The van der Waals surface area contributed by atoms with Gasteiger partial charge in [0.1, 0.15) is 29.1 Å². The highest BCUT2D eigenvalue weighted by Crippen LogP contribution is 2.34. The molecule has 3 atom stereocenters. The topological polar surface area (TPSA) is 118 Å². The third-order valence-electron chi connectivity index (χ3n) is 6.26. The van der Waals surface area contributed by atoms with Gasteiger partial charge in [0.05, 0.1) is 20.3 Å². The molecule has 206 valence electrons. The summed E-state index contributed by atoms with van der Waals surface area (Å²) in [6.07, 6.45) is -0.550. The molecule has 2 aromatic rings. The third-order valence-corrected chi connectivity index (χ3v) is 8.28. The van der Waals surface area contributed by atoms with Crippen molar-refractivity contribution in [1.82, 2.24) is 9.21 Å². The van der Waals surface area contributed by atoms with Crippen molar-refractivity contribution in [3.63, 3.8) is 0 Å². The maximum absolute atomic E-state index is 13.6. The van der Waals surface area contributed by atoms with Crippen LogP contribution in [-0.2, 0) is 14.8 Å². The Hall–Kier alpha value is -3.30. The van der Waals surface area contributed by atoms with E-state index in [1.807, 2.05) is 6.92 Å². The van der Waals surface area contributed by atoms with Crippen LogP contribution in [0.3, 0.4) is 0 Å². The molecular formula is C27H35N3O7S. The number of ether oxygens (including phenoxy) is 3. The summed E-state index contributed by atoms with van der Waals surface area (Å²) in [5.74, 6) is 6.29. The van der Waals surface area contributed by atoms with Crippen LogP contribution in [0.15, 0.2) is 47.4 Å². The van der Waals surface area contributed by atoms with Gasteiger partial charge < -0.3 is 29.5 Å². The summed E-state index contributed by atoms with van der Waals surface area (Å²) in [6, 6.07) is 10.6. The van der Waals surface area contributed by atoms with Crippen molar-refractivity contribution in [2.45, 2.75) is 30.9 Å². The average molecular weight is 546 g/mol. The minimum atomic E-state index is -3.97. The lowest BCUT2D eigenvalue weighted by Gasteiger charge is -2.37. The summed E-state index contributed by atoms with van der Waals surface area (Å²) >= 11 is 0. The number of fused-ring (bicyclic) bond motifs is 1. The van der Waals surface area contributed by atoms with Gasteiger partial charge in [-0.15, -0.1) is 0 Å². The Morgan fingerprint density at radius 2 is 1.97 bits per heavy atom. The Labute approximate surface area is 224 Å². The van der Waals surface area contributed by atoms with Crippen molar-refractivity contribution >= 4 is 21.7 Å². The van der Waals surface area contributed by atoms with E-state index in [4.69, 9.17) is 14.2 Å². The van der Waals surface area contributed by atoms with Gasteiger partial charge in [-0.2, -0.15) is 4.31 Å². The van der Waals surface area contributed by atoms with E-state index in [0.717, 1.165) is 0 Å².